The molecule has 9 heteroatoms. The van der Waals surface area contributed by atoms with Crippen molar-refractivity contribution in [1.82, 2.24) is 10.3 Å². The van der Waals surface area contributed by atoms with Crippen molar-refractivity contribution in [2.24, 2.45) is 0 Å². The van der Waals surface area contributed by atoms with Gasteiger partial charge < -0.3 is 14.8 Å². The van der Waals surface area contributed by atoms with Crippen LogP contribution in [0.4, 0.5) is 5.69 Å². The minimum absolute atomic E-state index is 0.0344. The molecule has 1 aromatic heterocycles. The van der Waals surface area contributed by atoms with Gasteiger partial charge in [0.05, 0.1) is 11.0 Å². The van der Waals surface area contributed by atoms with Gasteiger partial charge in [-0.2, -0.15) is 0 Å². The number of rotatable bonds is 8. The van der Waals surface area contributed by atoms with Gasteiger partial charge in [0.15, 0.2) is 0 Å². The van der Waals surface area contributed by atoms with E-state index in [4.69, 9.17) is 9.47 Å². The zero-order valence-electron chi connectivity index (χ0n) is 17.2. The van der Waals surface area contributed by atoms with E-state index in [9.17, 15) is 13.2 Å². The van der Waals surface area contributed by atoms with E-state index in [1.165, 1.54) is 18.3 Å². The van der Waals surface area contributed by atoms with E-state index in [0.717, 1.165) is 19.4 Å². The van der Waals surface area contributed by atoms with Crippen molar-refractivity contribution in [3.8, 4) is 11.6 Å². The molecule has 2 heterocycles. The van der Waals surface area contributed by atoms with Crippen LogP contribution >= 0.6 is 0 Å². The molecule has 1 atom stereocenters. The zero-order valence-corrected chi connectivity index (χ0v) is 18.0. The number of hydrogen-bond donors (Lipinski definition) is 2. The van der Waals surface area contributed by atoms with Crippen LogP contribution in [0.15, 0.2) is 77.8 Å². The standard InChI is InChI=1S/C23H23N3O5S/c27-22(25-16-19-6-5-15-30-19)21-9-4-14-24-23(21)31-18-12-10-17(11-13-18)26-32(28,29)20-7-2-1-3-8-20/h1-4,7-14,19,26H,5-6,15-16H2,(H,25,27). The predicted molar refractivity (Wildman–Crippen MR) is 119 cm³/mol. The first kappa shape index (κ1) is 21.8. The quantitative estimate of drug-likeness (QED) is 0.540. The summed E-state index contributed by atoms with van der Waals surface area (Å²) >= 11 is 0. The van der Waals surface area contributed by atoms with Crippen molar-refractivity contribution in [3.05, 3.63) is 78.5 Å². The lowest BCUT2D eigenvalue weighted by atomic mass is 10.2. The van der Waals surface area contributed by atoms with Crippen LogP contribution in [-0.4, -0.2) is 38.6 Å². The van der Waals surface area contributed by atoms with Crippen LogP contribution in [0, 0.1) is 0 Å². The molecule has 0 aliphatic carbocycles. The Morgan fingerprint density at radius 2 is 1.84 bits per heavy atom. The number of anilines is 1. The minimum atomic E-state index is -3.68. The molecular formula is C23H23N3O5S. The minimum Gasteiger partial charge on any atom is -0.438 e. The van der Waals surface area contributed by atoms with Crippen LogP contribution in [-0.2, 0) is 14.8 Å². The summed E-state index contributed by atoms with van der Waals surface area (Å²) in [5, 5.41) is 2.86. The van der Waals surface area contributed by atoms with Gasteiger partial charge in [0.25, 0.3) is 15.9 Å². The molecule has 1 aliphatic rings. The van der Waals surface area contributed by atoms with E-state index in [-0.39, 0.29) is 22.8 Å². The normalized spacial score (nSPS) is 15.8. The summed E-state index contributed by atoms with van der Waals surface area (Å²) in [6.45, 7) is 1.16. The average Bonchev–Trinajstić information content (AvgIpc) is 3.33. The fourth-order valence-corrected chi connectivity index (χ4v) is 4.35. The molecule has 0 radical (unpaired) electrons. The van der Waals surface area contributed by atoms with Gasteiger partial charge in [-0.3, -0.25) is 9.52 Å². The van der Waals surface area contributed by atoms with Crippen molar-refractivity contribution < 1.29 is 22.7 Å². The Morgan fingerprint density at radius 1 is 1.06 bits per heavy atom. The van der Waals surface area contributed by atoms with Gasteiger partial charge in [-0.15, -0.1) is 0 Å². The number of benzene rings is 2. The summed E-state index contributed by atoms with van der Waals surface area (Å²) in [6.07, 6.45) is 3.50. The van der Waals surface area contributed by atoms with Gasteiger partial charge in [-0.1, -0.05) is 18.2 Å². The number of aromatic nitrogens is 1. The molecule has 2 N–H and O–H groups in total. The van der Waals surface area contributed by atoms with Crippen LogP contribution in [0.25, 0.3) is 0 Å². The molecule has 1 unspecified atom stereocenters. The highest BCUT2D eigenvalue weighted by atomic mass is 32.2. The maximum Gasteiger partial charge on any atom is 0.261 e. The first-order valence-electron chi connectivity index (χ1n) is 10.2. The molecule has 8 nitrogen and oxygen atoms in total. The molecule has 0 saturated carbocycles. The molecule has 1 amide bonds. The highest BCUT2D eigenvalue weighted by molar-refractivity contribution is 7.92. The Balaban J connectivity index is 1.42. The van der Waals surface area contributed by atoms with Crippen molar-refractivity contribution in [2.45, 2.75) is 23.8 Å². The molecule has 1 saturated heterocycles. The fourth-order valence-electron chi connectivity index (χ4n) is 3.27. The van der Waals surface area contributed by atoms with E-state index >= 15 is 0 Å². The molecule has 1 fully saturated rings. The van der Waals surface area contributed by atoms with Gasteiger partial charge in [-0.25, -0.2) is 13.4 Å². The Morgan fingerprint density at radius 3 is 2.56 bits per heavy atom. The number of hydrogen-bond acceptors (Lipinski definition) is 6. The van der Waals surface area contributed by atoms with E-state index in [1.54, 1.807) is 54.6 Å². The maximum atomic E-state index is 12.6. The van der Waals surface area contributed by atoms with E-state index < -0.39 is 10.0 Å². The second-order valence-corrected chi connectivity index (χ2v) is 8.93. The van der Waals surface area contributed by atoms with Crippen LogP contribution < -0.4 is 14.8 Å². The molecule has 2 aromatic carbocycles. The number of nitrogens with zero attached hydrogens (tertiary/aromatic N) is 1. The molecule has 1 aliphatic heterocycles. The Kier molecular flexibility index (Phi) is 6.67. The predicted octanol–water partition coefficient (Wildman–Crippen LogP) is 3.58. The largest absolute Gasteiger partial charge is 0.438 e. The summed E-state index contributed by atoms with van der Waals surface area (Å²) in [5.41, 5.74) is 0.691. The first-order chi connectivity index (χ1) is 15.5. The molecule has 32 heavy (non-hydrogen) atoms. The third-order valence-electron chi connectivity index (χ3n) is 4.90. The summed E-state index contributed by atoms with van der Waals surface area (Å²) in [7, 11) is -3.68. The molecule has 0 bridgehead atoms. The molecule has 0 spiro atoms. The molecule has 166 valence electrons. The SMILES string of the molecule is O=C(NCC1CCCO1)c1cccnc1Oc1ccc(NS(=O)(=O)c2ccccc2)cc1. The Hall–Kier alpha value is -3.43. The Bertz CT molecular complexity index is 1160. The second kappa shape index (κ2) is 9.80. The van der Waals surface area contributed by atoms with Gasteiger partial charge >= 0.3 is 0 Å². The number of amides is 1. The zero-order chi connectivity index (χ0) is 22.4. The van der Waals surface area contributed by atoms with Crippen molar-refractivity contribution >= 4 is 21.6 Å². The van der Waals surface area contributed by atoms with Gasteiger partial charge in [0.1, 0.15) is 11.3 Å². The van der Waals surface area contributed by atoms with Crippen LogP contribution in [0.3, 0.4) is 0 Å². The van der Waals surface area contributed by atoms with Gasteiger partial charge in [0, 0.05) is 25.0 Å². The van der Waals surface area contributed by atoms with Crippen molar-refractivity contribution in [1.29, 1.82) is 0 Å². The number of pyridine rings is 1. The van der Waals surface area contributed by atoms with E-state index in [1.807, 2.05) is 0 Å². The maximum absolute atomic E-state index is 12.6. The van der Waals surface area contributed by atoms with Crippen LogP contribution in [0.2, 0.25) is 0 Å². The molecule has 3 aromatic rings. The average molecular weight is 454 g/mol. The van der Waals surface area contributed by atoms with Gasteiger partial charge in [-0.05, 0) is 61.4 Å². The second-order valence-electron chi connectivity index (χ2n) is 7.25. The highest BCUT2D eigenvalue weighted by Gasteiger charge is 2.19. The third kappa shape index (κ3) is 5.43. The first-order valence-corrected chi connectivity index (χ1v) is 11.7. The summed E-state index contributed by atoms with van der Waals surface area (Å²) in [6, 6.07) is 17.8. The molecular weight excluding hydrogens is 430 g/mol. The molecule has 4 rings (SSSR count). The number of ether oxygens (including phenoxy) is 2. The number of nitrogens with one attached hydrogen (secondary N) is 2. The summed E-state index contributed by atoms with van der Waals surface area (Å²) in [4.78, 5) is 16.9. The van der Waals surface area contributed by atoms with Crippen molar-refractivity contribution in [3.63, 3.8) is 0 Å². The highest BCUT2D eigenvalue weighted by Crippen LogP contribution is 2.25. The lowest BCUT2D eigenvalue weighted by Gasteiger charge is -2.13. The summed E-state index contributed by atoms with van der Waals surface area (Å²) < 4.78 is 38.7. The third-order valence-corrected chi connectivity index (χ3v) is 6.30. The van der Waals surface area contributed by atoms with Crippen LogP contribution in [0.5, 0.6) is 11.6 Å². The lowest BCUT2D eigenvalue weighted by Crippen LogP contribution is -2.32. The topological polar surface area (TPSA) is 107 Å². The number of carbonyl (C=O) groups is 1. The van der Waals surface area contributed by atoms with Gasteiger partial charge in [0.2, 0.25) is 5.88 Å². The van der Waals surface area contributed by atoms with Crippen LogP contribution in [0.1, 0.15) is 23.2 Å². The smallest absolute Gasteiger partial charge is 0.261 e. The lowest BCUT2D eigenvalue weighted by molar-refractivity contribution is 0.0855. The van der Waals surface area contributed by atoms with E-state index in [0.29, 0.717) is 23.5 Å². The Labute approximate surface area is 186 Å². The monoisotopic (exact) mass is 453 g/mol. The van der Waals surface area contributed by atoms with Crippen molar-refractivity contribution in [2.75, 3.05) is 17.9 Å². The fraction of sp³-hybridized carbons (Fsp3) is 0.217. The number of sulfonamides is 1. The summed E-state index contributed by atoms with van der Waals surface area (Å²) in [5.74, 6) is 0.283. The van der Waals surface area contributed by atoms with E-state index in [2.05, 4.69) is 15.0 Å². The number of carbonyl (C=O) groups excluding carboxylic acids is 1.